The Morgan fingerprint density at radius 2 is 1.62 bits per heavy atom. The Morgan fingerprint density at radius 3 is 2.23 bits per heavy atom. The molecule has 6 nitrogen and oxygen atoms in total. The molecule has 0 spiro atoms. The number of ether oxygens (including phenoxy) is 2. The molecule has 132 valence electrons. The zero-order valence-electron chi connectivity index (χ0n) is 14.1. The summed E-state index contributed by atoms with van der Waals surface area (Å²) in [5, 5.41) is 4.64. The van der Waals surface area contributed by atoms with E-state index in [9.17, 15) is 9.59 Å². The predicted octanol–water partition coefficient (Wildman–Crippen LogP) is 4.21. The Balaban J connectivity index is 2.07. The van der Waals surface area contributed by atoms with Gasteiger partial charge in [0.05, 0.1) is 30.9 Å². The molecule has 0 radical (unpaired) electrons. The van der Waals surface area contributed by atoms with Gasteiger partial charge in [0.25, 0.3) is 0 Å². The van der Waals surface area contributed by atoms with E-state index in [1.165, 1.54) is 20.3 Å². The molecule has 3 aromatic rings. The SMILES string of the molecule is COC(=O)c1cc(Nc2ccnc3cc(Cl)ccc23)cc(C(=O)OC)c1. The normalized spacial score (nSPS) is 10.4. The first kappa shape index (κ1) is 17.7. The minimum Gasteiger partial charge on any atom is -0.465 e. The number of halogens is 1. The molecule has 0 bridgehead atoms. The van der Waals surface area contributed by atoms with E-state index in [4.69, 9.17) is 21.1 Å². The van der Waals surface area contributed by atoms with Gasteiger partial charge in [-0.2, -0.15) is 0 Å². The molecule has 0 atom stereocenters. The van der Waals surface area contributed by atoms with Gasteiger partial charge in [-0.3, -0.25) is 4.98 Å². The summed E-state index contributed by atoms with van der Waals surface area (Å²) in [7, 11) is 2.56. The van der Waals surface area contributed by atoms with Crippen LogP contribution in [0.25, 0.3) is 10.9 Å². The smallest absolute Gasteiger partial charge is 0.337 e. The summed E-state index contributed by atoms with van der Waals surface area (Å²) in [4.78, 5) is 28.1. The van der Waals surface area contributed by atoms with Gasteiger partial charge in [0.15, 0.2) is 0 Å². The molecule has 0 aliphatic heterocycles. The number of carbonyl (C=O) groups excluding carboxylic acids is 2. The number of carbonyl (C=O) groups is 2. The Labute approximate surface area is 154 Å². The summed E-state index contributed by atoms with van der Waals surface area (Å²) in [6, 6.07) is 11.8. The third-order valence-corrected chi connectivity index (χ3v) is 3.99. The van der Waals surface area contributed by atoms with Crippen molar-refractivity contribution in [2.24, 2.45) is 0 Å². The topological polar surface area (TPSA) is 77.5 Å². The van der Waals surface area contributed by atoms with Gasteiger partial charge in [-0.15, -0.1) is 0 Å². The largest absolute Gasteiger partial charge is 0.465 e. The van der Waals surface area contributed by atoms with Gasteiger partial charge >= 0.3 is 11.9 Å². The molecular formula is C19H15ClN2O4. The molecular weight excluding hydrogens is 356 g/mol. The molecule has 0 unspecified atom stereocenters. The van der Waals surface area contributed by atoms with E-state index in [2.05, 4.69) is 10.3 Å². The van der Waals surface area contributed by atoms with E-state index >= 15 is 0 Å². The number of esters is 2. The molecule has 0 saturated carbocycles. The third-order valence-electron chi connectivity index (χ3n) is 3.76. The maximum atomic E-state index is 11.9. The molecule has 7 heteroatoms. The summed E-state index contributed by atoms with van der Waals surface area (Å²) in [6.45, 7) is 0. The number of hydrogen-bond donors (Lipinski definition) is 1. The van der Waals surface area contributed by atoms with Crippen LogP contribution in [0, 0.1) is 0 Å². The zero-order valence-corrected chi connectivity index (χ0v) is 14.8. The van der Waals surface area contributed by atoms with E-state index in [1.54, 1.807) is 36.5 Å². The summed E-state index contributed by atoms with van der Waals surface area (Å²) in [5.74, 6) is -1.10. The van der Waals surface area contributed by atoms with Crippen molar-refractivity contribution < 1.29 is 19.1 Å². The van der Waals surface area contributed by atoms with Gasteiger partial charge in [0.1, 0.15) is 0 Å². The minimum atomic E-state index is -0.551. The number of rotatable bonds is 4. The highest BCUT2D eigenvalue weighted by Gasteiger charge is 2.14. The number of pyridine rings is 1. The molecule has 1 heterocycles. The molecule has 3 rings (SSSR count). The summed E-state index contributed by atoms with van der Waals surface area (Å²) < 4.78 is 9.50. The van der Waals surface area contributed by atoms with E-state index in [0.717, 1.165) is 16.6 Å². The fourth-order valence-electron chi connectivity index (χ4n) is 2.56. The van der Waals surface area contributed by atoms with Crippen LogP contribution < -0.4 is 5.32 Å². The van der Waals surface area contributed by atoms with Crippen LogP contribution >= 0.6 is 11.6 Å². The summed E-state index contributed by atoms with van der Waals surface area (Å²) >= 11 is 6.01. The van der Waals surface area contributed by atoms with E-state index < -0.39 is 11.9 Å². The molecule has 0 fully saturated rings. The minimum absolute atomic E-state index is 0.235. The van der Waals surface area contributed by atoms with Crippen molar-refractivity contribution in [3.63, 3.8) is 0 Å². The maximum absolute atomic E-state index is 11.9. The molecule has 26 heavy (non-hydrogen) atoms. The van der Waals surface area contributed by atoms with Crippen molar-refractivity contribution >= 4 is 45.8 Å². The van der Waals surface area contributed by atoms with Crippen LogP contribution in [0.3, 0.4) is 0 Å². The number of benzene rings is 2. The van der Waals surface area contributed by atoms with Crippen LogP contribution in [0.15, 0.2) is 48.7 Å². The van der Waals surface area contributed by atoms with Crippen molar-refractivity contribution in [3.8, 4) is 0 Å². The average Bonchev–Trinajstić information content (AvgIpc) is 2.66. The standard InChI is InChI=1S/C19H15ClN2O4/c1-25-18(23)11-7-12(19(24)26-2)9-14(8-11)22-16-5-6-21-17-10-13(20)3-4-15(16)17/h3-10H,1-2H3,(H,21,22). The molecule has 0 aliphatic rings. The van der Waals surface area contributed by atoms with Crippen molar-refractivity contribution in [2.75, 3.05) is 19.5 Å². The van der Waals surface area contributed by atoms with Gasteiger partial charge in [0.2, 0.25) is 0 Å². The first-order chi connectivity index (χ1) is 12.5. The summed E-state index contributed by atoms with van der Waals surface area (Å²) in [5.41, 5.74) is 2.48. The molecule has 1 aromatic heterocycles. The highest BCUT2D eigenvalue weighted by molar-refractivity contribution is 6.31. The fourth-order valence-corrected chi connectivity index (χ4v) is 2.72. The number of anilines is 2. The van der Waals surface area contributed by atoms with Crippen LogP contribution in [-0.4, -0.2) is 31.1 Å². The maximum Gasteiger partial charge on any atom is 0.337 e. The molecule has 0 amide bonds. The summed E-state index contributed by atoms with van der Waals surface area (Å²) in [6.07, 6.45) is 1.65. The number of aromatic nitrogens is 1. The lowest BCUT2D eigenvalue weighted by Crippen LogP contribution is -2.08. The highest BCUT2D eigenvalue weighted by Crippen LogP contribution is 2.28. The second-order valence-corrected chi connectivity index (χ2v) is 5.86. The molecule has 1 N–H and O–H groups in total. The van der Waals surface area contributed by atoms with Crippen LogP contribution in [-0.2, 0) is 9.47 Å². The lowest BCUT2D eigenvalue weighted by molar-refractivity contribution is 0.0599. The van der Waals surface area contributed by atoms with Crippen molar-refractivity contribution in [1.29, 1.82) is 0 Å². The Bertz CT molecular complexity index is 970. The molecule has 0 aliphatic carbocycles. The van der Waals surface area contributed by atoms with Gasteiger partial charge in [0, 0.05) is 28.0 Å². The Morgan fingerprint density at radius 1 is 0.962 bits per heavy atom. The van der Waals surface area contributed by atoms with Gasteiger partial charge < -0.3 is 14.8 Å². The van der Waals surface area contributed by atoms with Crippen molar-refractivity contribution in [1.82, 2.24) is 4.98 Å². The predicted molar refractivity (Wildman–Crippen MR) is 99.2 cm³/mol. The monoisotopic (exact) mass is 370 g/mol. The quantitative estimate of drug-likeness (QED) is 0.693. The van der Waals surface area contributed by atoms with E-state index in [0.29, 0.717) is 10.7 Å². The molecule has 0 saturated heterocycles. The second-order valence-electron chi connectivity index (χ2n) is 5.43. The van der Waals surface area contributed by atoms with Crippen molar-refractivity contribution in [3.05, 3.63) is 64.8 Å². The lowest BCUT2D eigenvalue weighted by Gasteiger charge is -2.12. The third kappa shape index (κ3) is 3.60. The highest BCUT2D eigenvalue weighted by atomic mass is 35.5. The lowest BCUT2D eigenvalue weighted by atomic mass is 10.1. The number of fused-ring (bicyclic) bond motifs is 1. The molecule has 2 aromatic carbocycles. The van der Waals surface area contributed by atoms with Crippen LogP contribution in [0.5, 0.6) is 0 Å². The number of nitrogens with zero attached hydrogens (tertiary/aromatic N) is 1. The van der Waals surface area contributed by atoms with E-state index in [-0.39, 0.29) is 11.1 Å². The first-order valence-electron chi connectivity index (χ1n) is 7.65. The van der Waals surface area contributed by atoms with Crippen LogP contribution in [0.4, 0.5) is 11.4 Å². The van der Waals surface area contributed by atoms with Gasteiger partial charge in [-0.05, 0) is 42.5 Å². The zero-order chi connectivity index (χ0) is 18.7. The Hall–Kier alpha value is -3.12. The number of nitrogens with one attached hydrogen (secondary N) is 1. The Kier molecular flexibility index (Phi) is 5.04. The second kappa shape index (κ2) is 7.41. The van der Waals surface area contributed by atoms with Crippen LogP contribution in [0.1, 0.15) is 20.7 Å². The number of methoxy groups -OCH3 is 2. The van der Waals surface area contributed by atoms with E-state index in [1.807, 2.05) is 6.07 Å². The average molecular weight is 371 g/mol. The number of hydrogen-bond acceptors (Lipinski definition) is 6. The first-order valence-corrected chi connectivity index (χ1v) is 8.02. The van der Waals surface area contributed by atoms with Gasteiger partial charge in [-0.1, -0.05) is 11.6 Å². The fraction of sp³-hybridized carbons (Fsp3) is 0.105. The van der Waals surface area contributed by atoms with Crippen molar-refractivity contribution in [2.45, 2.75) is 0 Å². The van der Waals surface area contributed by atoms with Crippen LogP contribution in [0.2, 0.25) is 5.02 Å². The van der Waals surface area contributed by atoms with Gasteiger partial charge in [-0.25, -0.2) is 9.59 Å².